The first-order valence-corrected chi connectivity index (χ1v) is 6.17. The zero-order valence-electron chi connectivity index (χ0n) is 9.46. The van der Waals surface area contributed by atoms with Crippen molar-refractivity contribution in [3.05, 3.63) is 29.6 Å². The van der Waals surface area contributed by atoms with Crippen molar-refractivity contribution in [1.82, 2.24) is 0 Å². The van der Waals surface area contributed by atoms with E-state index in [0.29, 0.717) is 10.8 Å². The SMILES string of the molecule is CC(C)CSc1ccc([C@@H](C)N)cc1F. The summed E-state index contributed by atoms with van der Waals surface area (Å²) >= 11 is 1.56. The second kappa shape index (κ2) is 5.52. The molecule has 0 aliphatic heterocycles. The molecule has 0 aliphatic rings. The highest BCUT2D eigenvalue weighted by atomic mass is 32.2. The van der Waals surface area contributed by atoms with Gasteiger partial charge in [0.2, 0.25) is 0 Å². The van der Waals surface area contributed by atoms with Crippen molar-refractivity contribution in [2.24, 2.45) is 11.7 Å². The van der Waals surface area contributed by atoms with E-state index >= 15 is 0 Å². The first-order valence-electron chi connectivity index (χ1n) is 5.18. The van der Waals surface area contributed by atoms with Crippen LogP contribution in [0.15, 0.2) is 23.1 Å². The van der Waals surface area contributed by atoms with E-state index in [1.54, 1.807) is 11.8 Å². The Bertz CT molecular complexity index is 323. The average molecular weight is 227 g/mol. The highest BCUT2D eigenvalue weighted by Gasteiger charge is 2.07. The van der Waals surface area contributed by atoms with Crippen molar-refractivity contribution in [3.63, 3.8) is 0 Å². The Morgan fingerprint density at radius 1 is 1.33 bits per heavy atom. The molecule has 1 atom stereocenters. The van der Waals surface area contributed by atoms with Gasteiger partial charge in [0.15, 0.2) is 0 Å². The third kappa shape index (κ3) is 3.84. The molecule has 0 unspecified atom stereocenters. The first kappa shape index (κ1) is 12.5. The topological polar surface area (TPSA) is 26.0 Å². The Balaban J connectivity index is 2.75. The molecule has 15 heavy (non-hydrogen) atoms. The van der Waals surface area contributed by atoms with E-state index in [9.17, 15) is 4.39 Å². The number of rotatable bonds is 4. The fourth-order valence-corrected chi connectivity index (χ4v) is 2.05. The van der Waals surface area contributed by atoms with Crippen LogP contribution >= 0.6 is 11.8 Å². The van der Waals surface area contributed by atoms with E-state index in [1.165, 1.54) is 6.07 Å². The second-order valence-corrected chi connectivity index (χ2v) is 5.25. The molecule has 0 radical (unpaired) electrons. The largest absolute Gasteiger partial charge is 0.324 e. The number of nitrogens with two attached hydrogens (primary N) is 1. The summed E-state index contributed by atoms with van der Waals surface area (Å²) in [5.74, 6) is 1.35. The summed E-state index contributed by atoms with van der Waals surface area (Å²) in [6, 6.07) is 5.15. The van der Waals surface area contributed by atoms with Crippen LogP contribution in [0.25, 0.3) is 0 Å². The normalized spacial score (nSPS) is 13.2. The molecule has 0 aliphatic carbocycles. The van der Waals surface area contributed by atoms with Gasteiger partial charge in [0.1, 0.15) is 5.82 Å². The smallest absolute Gasteiger partial charge is 0.137 e. The molecular formula is C12H18FNS. The molecule has 1 rings (SSSR count). The Morgan fingerprint density at radius 3 is 2.47 bits per heavy atom. The number of hydrogen-bond acceptors (Lipinski definition) is 2. The minimum absolute atomic E-state index is 0.108. The van der Waals surface area contributed by atoms with E-state index in [0.717, 1.165) is 11.3 Å². The van der Waals surface area contributed by atoms with Gasteiger partial charge in [-0.05, 0) is 30.5 Å². The van der Waals surface area contributed by atoms with Crippen LogP contribution in [0, 0.1) is 11.7 Å². The summed E-state index contributed by atoms with van der Waals surface area (Å²) in [4.78, 5) is 0.716. The summed E-state index contributed by atoms with van der Waals surface area (Å²) < 4.78 is 13.6. The Kier molecular flexibility index (Phi) is 4.61. The van der Waals surface area contributed by atoms with Gasteiger partial charge in [0.25, 0.3) is 0 Å². The van der Waals surface area contributed by atoms with Crippen molar-refractivity contribution in [1.29, 1.82) is 0 Å². The number of thioether (sulfide) groups is 1. The van der Waals surface area contributed by atoms with Crippen LogP contribution in [0.2, 0.25) is 0 Å². The molecule has 0 aromatic heterocycles. The fraction of sp³-hybridized carbons (Fsp3) is 0.500. The van der Waals surface area contributed by atoms with Crippen LogP contribution in [0.1, 0.15) is 32.4 Å². The lowest BCUT2D eigenvalue weighted by molar-refractivity contribution is 0.596. The maximum absolute atomic E-state index is 13.6. The summed E-state index contributed by atoms with van der Waals surface area (Å²) in [5, 5.41) is 0. The predicted molar refractivity (Wildman–Crippen MR) is 64.6 cm³/mol. The Hall–Kier alpha value is -0.540. The van der Waals surface area contributed by atoms with Crippen molar-refractivity contribution < 1.29 is 4.39 Å². The average Bonchev–Trinajstić information content (AvgIpc) is 2.15. The van der Waals surface area contributed by atoms with Crippen LogP contribution in [0.5, 0.6) is 0 Å². The Labute approximate surface area is 95.2 Å². The number of halogens is 1. The van der Waals surface area contributed by atoms with Crippen molar-refractivity contribution in [2.45, 2.75) is 31.7 Å². The van der Waals surface area contributed by atoms with Crippen molar-refractivity contribution >= 4 is 11.8 Å². The summed E-state index contributed by atoms with van der Waals surface area (Å²) in [5.41, 5.74) is 6.53. The van der Waals surface area contributed by atoms with Crippen LogP contribution in [-0.4, -0.2) is 5.75 Å². The van der Waals surface area contributed by atoms with Crippen LogP contribution in [0.3, 0.4) is 0 Å². The summed E-state index contributed by atoms with van der Waals surface area (Å²) in [7, 11) is 0. The van der Waals surface area contributed by atoms with E-state index < -0.39 is 0 Å². The molecular weight excluding hydrogens is 209 g/mol. The lowest BCUT2D eigenvalue weighted by Crippen LogP contribution is -2.05. The van der Waals surface area contributed by atoms with Gasteiger partial charge < -0.3 is 5.73 Å². The highest BCUT2D eigenvalue weighted by molar-refractivity contribution is 7.99. The lowest BCUT2D eigenvalue weighted by atomic mass is 10.1. The van der Waals surface area contributed by atoms with E-state index in [4.69, 9.17) is 5.73 Å². The molecule has 0 saturated carbocycles. The van der Waals surface area contributed by atoms with Gasteiger partial charge in [-0.15, -0.1) is 11.8 Å². The minimum Gasteiger partial charge on any atom is -0.324 e. The molecule has 3 heteroatoms. The quantitative estimate of drug-likeness (QED) is 0.795. The van der Waals surface area contributed by atoms with Crippen LogP contribution < -0.4 is 5.73 Å². The molecule has 0 bridgehead atoms. The molecule has 0 saturated heterocycles. The molecule has 1 aromatic rings. The first-order chi connectivity index (χ1) is 7.00. The highest BCUT2D eigenvalue weighted by Crippen LogP contribution is 2.25. The molecule has 1 aromatic carbocycles. The van der Waals surface area contributed by atoms with E-state index in [2.05, 4.69) is 13.8 Å². The lowest BCUT2D eigenvalue weighted by Gasteiger charge is -2.09. The number of benzene rings is 1. The van der Waals surface area contributed by atoms with E-state index in [1.807, 2.05) is 19.1 Å². The van der Waals surface area contributed by atoms with E-state index in [-0.39, 0.29) is 11.9 Å². The monoisotopic (exact) mass is 227 g/mol. The third-order valence-electron chi connectivity index (χ3n) is 2.05. The third-order valence-corrected chi connectivity index (χ3v) is 3.53. The molecule has 0 fully saturated rings. The Morgan fingerprint density at radius 2 is 2.00 bits per heavy atom. The zero-order valence-corrected chi connectivity index (χ0v) is 10.3. The summed E-state index contributed by atoms with van der Waals surface area (Å²) in [6.45, 7) is 6.11. The molecule has 0 spiro atoms. The van der Waals surface area contributed by atoms with Crippen LogP contribution in [0.4, 0.5) is 4.39 Å². The molecule has 1 nitrogen and oxygen atoms in total. The maximum atomic E-state index is 13.6. The van der Waals surface area contributed by atoms with Gasteiger partial charge in [-0.2, -0.15) is 0 Å². The maximum Gasteiger partial charge on any atom is 0.137 e. The second-order valence-electron chi connectivity index (χ2n) is 4.18. The molecule has 0 heterocycles. The fourth-order valence-electron chi connectivity index (χ4n) is 1.17. The van der Waals surface area contributed by atoms with Gasteiger partial charge in [-0.3, -0.25) is 0 Å². The van der Waals surface area contributed by atoms with Gasteiger partial charge >= 0.3 is 0 Å². The molecule has 84 valence electrons. The molecule has 2 N–H and O–H groups in total. The van der Waals surface area contributed by atoms with Gasteiger partial charge in [0, 0.05) is 16.7 Å². The van der Waals surface area contributed by atoms with Crippen LogP contribution in [-0.2, 0) is 0 Å². The molecule has 0 amide bonds. The summed E-state index contributed by atoms with van der Waals surface area (Å²) in [6.07, 6.45) is 0. The predicted octanol–water partition coefficient (Wildman–Crippen LogP) is 3.59. The van der Waals surface area contributed by atoms with Crippen molar-refractivity contribution in [2.75, 3.05) is 5.75 Å². The minimum atomic E-state index is -0.157. The number of hydrogen-bond donors (Lipinski definition) is 1. The van der Waals surface area contributed by atoms with Gasteiger partial charge in [-0.25, -0.2) is 4.39 Å². The van der Waals surface area contributed by atoms with Crippen molar-refractivity contribution in [3.8, 4) is 0 Å². The standard InChI is InChI=1S/C12H18FNS/c1-8(2)7-15-12-5-4-10(9(3)14)6-11(12)13/h4-6,8-9H,7,14H2,1-3H3/t9-/m1/s1. The van der Waals surface area contributed by atoms with Gasteiger partial charge in [0.05, 0.1) is 0 Å². The van der Waals surface area contributed by atoms with Gasteiger partial charge in [-0.1, -0.05) is 19.9 Å². The zero-order chi connectivity index (χ0) is 11.4.